The Morgan fingerprint density at radius 3 is 2.41 bits per heavy atom. The predicted octanol–water partition coefficient (Wildman–Crippen LogP) is 4.24. The zero-order valence-corrected chi connectivity index (χ0v) is 19.1. The Morgan fingerprint density at radius 2 is 1.75 bits per heavy atom. The molecule has 0 radical (unpaired) electrons. The van der Waals surface area contributed by atoms with Crippen LogP contribution < -0.4 is 19.1 Å². The zero-order valence-electron chi connectivity index (χ0n) is 18.3. The number of amides is 1. The van der Waals surface area contributed by atoms with Crippen molar-refractivity contribution in [3.8, 4) is 28.5 Å². The van der Waals surface area contributed by atoms with E-state index in [1.54, 1.807) is 21.3 Å². The van der Waals surface area contributed by atoms with Gasteiger partial charge in [-0.3, -0.25) is 4.79 Å². The number of carbonyl (C=O) groups is 1. The molecule has 0 atom stereocenters. The fourth-order valence-corrected chi connectivity index (χ4v) is 4.48. The average Bonchev–Trinajstić information content (AvgIpc) is 2.86. The van der Waals surface area contributed by atoms with Crippen LogP contribution in [0.25, 0.3) is 11.3 Å². The number of nitrogens with zero attached hydrogens (tertiary/aromatic N) is 3. The summed E-state index contributed by atoms with van der Waals surface area (Å²) in [5.41, 5.74) is 3.72. The Morgan fingerprint density at radius 1 is 1.00 bits per heavy atom. The highest BCUT2D eigenvalue weighted by Crippen LogP contribution is 2.40. The second-order valence-corrected chi connectivity index (χ2v) is 8.23. The van der Waals surface area contributed by atoms with Crippen LogP contribution in [0.15, 0.2) is 53.6 Å². The van der Waals surface area contributed by atoms with Crippen molar-refractivity contribution in [1.82, 2.24) is 10.2 Å². The van der Waals surface area contributed by atoms with Crippen molar-refractivity contribution in [2.24, 2.45) is 0 Å². The zero-order chi connectivity index (χ0) is 22.5. The molecule has 32 heavy (non-hydrogen) atoms. The van der Waals surface area contributed by atoms with E-state index in [1.165, 1.54) is 17.3 Å². The number of thioether (sulfide) groups is 1. The Bertz CT molecular complexity index is 1080. The minimum atomic E-state index is 0.0812. The van der Waals surface area contributed by atoms with Crippen molar-refractivity contribution in [3.05, 3.63) is 54.1 Å². The van der Waals surface area contributed by atoms with Crippen molar-refractivity contribution in [2.75, 3.05) is 38.5 Å². The first-order valence-corrected chi connectivity index (χ1v) is 11.3. The molecule has 0 unspecified atom stereocenters. The van der Waals surface area contributed by atoms with Crippen LogP contribution in [-0.4, -0.2) is 49.7 Å². The van der Waals surface area contributed by atoms with E-state index in [9.17, 15) is 4.79 Å². The first kappa shape index (κ1) is 22.0. The Kier molecular flexibility index (Phi) is 6.80. The maximum absolute atomic E-state index is 12.8. The third kappa shape index (κ3) is 4.50. The molecule has 166 valence electrons. The Labute approximate surface area is 191 Å². The van der Waals surface area contributed by atoms with Gasteiger partial charge in [0, 0.05) is 17.8 Å². The molecule has 0 aliphatic carbocycles. The van der Waals surface area contributed by atoms with E-state index in [4.69, 9.17) is 14.2 Å². The molecular formula is C24H25N3O4S. The lowest BCUT2D eigenvalue weighted by molar-refractivity contribution is -0.116. The molecule has 0 saturated carbocycles. The lowest BCUT2D eigenvalue weighted by Crippen LogP contribution is -2.36. The lowest BCUT2D eigenvalue weighted by Gasteiger charge is -2.29. The average molecular weight is 452 g/mol. The van der Waals surface area contributed by atoms with Gasteiger partial charge in [-0.15, -0.1) is 10.2 Å². The minimum absolute atomic E-state index is 0.0812. The van der Waals surface area contributed by atoms with E-state index in [1.807, 2.05) is 47.4 Å². The lowest BCUT2D eigenvalue weighted by atomic mass is 10.0. The second kappa shape index (κ2) is 9.91. The maximum Gasteiger partial charge on any atom is 0.237 e. The molecule has 1 amide bonds. The van der Waals surface area contributed by atoms with Gasteiger partial charge in [0.2, 0.25) is 11.7 Å². The highest BCUT2D eigenvalue weighted by atomic mass is 32.2. The van der Waals surface area contributed by atoms with Crippen LogP contribution in [-0.2, 0) is 11.2 Å². The van der Waals surface area contributed by atoms with Gasteiger partial charge in [0.1, 0.15) is 5.03 Å². The number of rotatable bonds is 7. The molecule has 4 rings (SSSR count). The molecule has 1 aromatic heterocycles. The van der Waals surface area contributed by atoms with Gasteiger partial charge in [-0.25, -0.2) is 0 Å². The van der Waals surface area contributed by atoms with Gasteiger partial charge in [0.05, 0.1) is 32.8 Å². The second-order valence-electron chi connectivity index (χ2n) is 7.24. The summed E-state index contributed by atoms with van der Waals surface area (Å²) in [5, 5.41) is 9.33. The molecule has 2 aromatic carbocycles. The maximum atomic E-state index is 12.8. The molecule has 2 heterocycles. The summed E-state index contributed by atoms with van der Waals surface area (Å²) < 4.78 is 16.2. The number of benzene rings is 2. The summed E-state index contributed by atoms with van der Waals surface area (Å²) in [7, 11) is 4.71. The molecule has 0 saturated heterocycles. The number of fused-ring (bicyclic) bond motifs is 1. The van der Waals surface area contributed by atoms with E-state index in [-0.39, 0.29) is 5.91 Å². The molecule has 8 heteroatoms. The topological polar surface area (TPSA) is 73.8 Å². The number of para-hydroxylation sites is 1. The first-order chi connectivity index (χ1) is 15.6. The summed E-state index contributed by atoms with van der Waals surface area (Å²) in [5.74, 6) is 2.02. The van der Waals surface area contributed by atoms with Gasteiger partial charge in [0.25, 0.3) is 0 Å². The van der Waals surface area contributed by atoms with Gasteiger partial charge in [0.15, 0.2) is 11.5 Å². The van der Waals surface area contributed by atoms with Crippen LogP contribution in [0.4, 0.5) is 5.69 Å². The third-order valence-corrected chi connectivity index (χ3v) is 6.26. The highest BCUT2D eigenvalue weighted by molar-refractivity contribution is 7.99. The Balaban J connectivity index is 1.46. The first-order valence-electron chi connectivity index (χ1n) is 10.3. The molecule has 3 aromatic rings. The third-order valence-electron chi connectivity index (χ3n) is 5.36. The van der Waals surface area contributed by atoms with Crippen LogP contribution in [0.2, 0.25) is 0 Å². The molecular weight excluding hydrogens is 426 g/mol. The van der Waals surface area contributed by atoms with E-state index in [0.29, 0.717) is 33.7 Å². The summed E-state index contributed by atoms with van der Waals surface area (Å²) >= 11 is 1.39. The number of aromatic nitrogens is 2. The van der Waals surface area contributed by atoms with Crippen molar-refractivity contribution >= 4 is 23.4 Å². The van der Waals surface area contributed by atoms with Crippen molar-refractivity contribution < 1.29 is 19.0 Å². The molecule has 7 nitrogen and oxygen atoms in total. The molecule has 0 bridgehead atoms. The van der Waals surface area contributed by atoms with Crippen LogP contribution in [0.1, 0.15) is 12.0 Å². The van der Waals surface area contributed by atoms with Crippen molar-refractivity contribution in [1.29, 1.82) is 0 Å². The molecule has 1 aliphatic heterocycles. The van der Waals surface area contributed by atoms with E-state index in [2.05, 4.69) is 16.3 Å². The van der Waals surface area contributed by atoms with E-state index in [0.717, 1.165) is 30.6 Å². The predicted molar refractivity (Wildman–Crippen MR) is 125 cm³/mol. The smallest absolute Gasteiger partial charge is 0.237 e. The highest BCUT2D eigenvalue weighted by Gasteiger charge is 2.22. The van der Waals surface area contributed by atoms with Gasteiger partial charge in [-0.1, -0.05) is 30.0 Å². The monoisotopic (exact) mass is 451 g/mol. The standard InChI is InChI=1S/C24H25N3O4S/c1-29-20-13-17(14-21(30-2)24(20)31-3)18-10-11-22(26-25-18)32-15-23(28)27-12-6-8-16-7-4-5-9-19(16)27/h4-5,7,9-11,13-14H,6,8,12,15H2,1-3H3. The molecule has 0 fully saturated rings. The summed E-state index contributed by atoms with van der Waals surface area (Å²) in [4.78, 5) is 14.7. The van der Waals surface area contributed by atoms with Crippen molar-refractivity contribution in [2.45, 2.75) is 17.9 Å². The number of aryl methyl sites for hydroxylation is 1. The molecule has 1 aliphatic rings. The number of ether oxygens (including phenoxy) is 3. The Hall–Kier alpha value is -3.26. The number of carbonyl (C=O) groups excluding carboxylic acids is 1. The van der Waals surface area contributed by atoms with Crippen molar-refractivity contribution in [3.63, 3.8) is 0 Å². The van der Waals surface area contributed by atoms with Gasteiger partial charge in [-0.2, -0.15) is 0 Å². The van der Waals surface area contributed by atoms with Crippen LogP contribution in [0.5, 0.6) is 17.2 Å². The number of hydrogen-bond acceptors (Lipinski definition) is 7. The number of hydrogen-bond donors (Lipinski definition) is 0. The van der Waals surface area contributed by atoms with Crippen LogP contribution >= 0.6 is 11.8 Å². The quantitative estimate of drug-likeness (QED) is 0.498. The molecule has 0 N–H and O–H groups in total. The molecule has 0 spiro atoms. The largest absolute Gasteiger partial charge is 0.493 e. The summed E-state index contributed by atoms with van der Waals surface area (Å²) in [6, 6.07) is 15.5. The van der Waals surface area contributed by atoms with Crippen LogP contribution in [0.3, 0.4) is 0 Å². The fraction of sp³-hybridized carbons (Fsp3) is 0.292. The van der Waals surface area contributed by atoms with Gasteiger partial charge in [-0.05, 0) is 48.7 Å². The van der Waals surface area contributed by atoms with Gasteiger partial charge < -0.3 is 19.1 Å². The van der Waals surface area contributed by atoms with Gasteiger partial charge >= 0.3 is 0 Å². The summed E-state index contributed by atoms with van der Waals surface area (Å²) in [6.45, 7) is 0.752. The van der Waals surface area contributed by atoms with E-state index >= 15 is 0 Å². The SMILES string of the molecule is COc1cc(-c2ccc(SCC(=O)N3CCCc4ccccc43)nn2)cc(OC)c1OC. The number of methoxy groups -OCH3 is 3. The number of anilines is 1. The minimum Gasteiger partial charge on any atom is -0.493 e. The normalized spacial score (nSPS) is 12.8. The van der Waals surface area contributed by atoms with Crippen LogP contribution in [0, 0.1) is 0 Å². The summed E-state index contributed by atoms with van der Waals surface area (Å²) in [6.07, 6.45) is 2.00. The van der Waals surface area contributed by atoms with E-state index < -0.39 is 0 Å². The fourth-order valence-electron chi connectivity index (χ4n) is 3.79.